The van der Waals surface area contributed by atoms with Crippen molar-refractivity contribution in [1.82, 2.24) is 15.2 Å². The van der Waals surface area contributed by atoms with Crippen LogP contribution < -0.4 is 10.4 Å². The van der Waals surface area contributed by atoms with Crippen molar-refractivity contribution in [3.8, 4) is 0 Å². The molecule has 2 heterocycles. The summed E-state index contributed by atoms with van der Waals surface area (Å²) in [6.45, 7) is -0.374. The van der Waals surface area contributed by atoms with Crippen LogP contribution in [-0.4, -0.2) is 48.4 Å². The Morgan fingerprint density at radius 1 is 1.64 bits per heavy atom. The van der Waals surface area contributed by atoms with E-state index in [1.54, 1.807) is 12.1 Å². The molecule has 2 N–H and O–H groups in total. The number of pyridine rings is 1. The van der Waals surface area contributed by atoms with Gasteiger partial charge in [0, 0.05) is 13.3 Å². The molecule has 3 atom stereocenters. The van der Waals surface area contributed by atoms with Gasteiger partial charge in [0.25, 0.3) is 0 Å². The molecule has 0 spiro atoms. The lowest BCUT2D eigenvalue weighted by molar-refractivity contribution is -0.150. The number of urea groups is 1. The Morgan fingerprint density at radius 3 is 2.91 bits per heavy atom. The van der Waals surface area contributed by atoms with E-state index in [2.05, 4.69) is 19.5 Å². The van der Waals surface area contributed by atoms with Gasteiger partial charge in [0.05, 0.1) is 19.2 Å². The number of hydrogen-bond acceptors (Lipinski definition) is 4. The Kier molecular flexibility index (Phi) is 5.08. The molecule has 0 saturated carbocycles. The maximum Gasteiger partial charge on any atom is 0.410 e. The molecule has 10 heteroatoms. The largest absolute Gasteiger partial charge is 0.410 e. The fourth-order valence-corrected chi connectivity index (χ4v) is 2.43. The fourth-order valence-electron chi connectivity index (χ4n) is 2.27. The molecule has 0 aliphatic carbocycles. The third kappa shape index (κ3) is 3.59. The molecule has 0 aromatic carbocycles. The summed E-state index contributed by atoms with van der Waals surface area (Å²) in [5, 5.41) is 4.72. The topological polar surface area (TPSA) is 66.5 Å². The van der Waals surface area contributed by atoms with E-state index in [4.69, 9.17) is 4.74 Å². The monoisotopic (exact) mass is 336 g/mol. The molecule has 0 bridgehead atoms. The maximum absolute atomic E-state index is 12.8. The highest BCUT2D eigenvalue weighted by atomic mass is 31.0. The molecule has 122 valence electrons. The number of nitrogens with zero attached hydrogens (tertiary/aromatic N) is 2. The summed E-state index contributed by atoms with van der Waals surface area (Å²) < 4.78 is 43.4. The van der Waals surface area contributed by atoms with Gasteiger partial charge >= 0.3 is 12.2 Å². The second kappa shape index (κ2) is 6.66. The highest BCUT2D eigenvalue weighted by molar-refractivity contribution is 7.18. The molecule has 1 fully saturated rings. The molecule has 1 aliphatic heterocycles. The molecule has 6 nitrogen and oxygen atoms in total. The minimum absolute atomic E-state index is 0.0817. The number of nitrogens with one attached hydrogen (secondary N) is 2. The minimum Gasteiger partial charge on any atom is -0.382 e. The standard InChI is InChI=1S/C12H16F3N4O2P/c1-21-6-8(7-2-3-16-10(4-7)18-22)19-5-9(12(13,14)15)17-11(19)20/h2-4,8-9H,5-6,22H2,1H3,(H,16,18)(H,17,20)/t8?,9-/m0/s1. The maximum atomic E-state index is 12.8. The zero-order chi connectivity index (χ0) is 16.3. The van der Waals surface area contributed by atoms with E-state index in [1.165, 1.54) is 13.3 Å². The second-order valence-electron chi connectivity index (χ2n) is 4.79. The number of alkyl halides is 3. The van der Waals surface area contributed by atoms with E-state index in [0.717, 1.165) is 4.90 Å². The van der Waals surface area contributed by atoms with Crippen LogP contribution in [0.25, 0.3) is 0 Å². The van der Waals surface area contributed by atoms with E-state index >= 15 is 0 Å². The lowest BCUT2D eigenvalue weighted by Crippen LogP contribution is -2.40. The summed E-state index contributed by atoms with van der Waals surface area (Å²) >= 11 is 0. The van der Waals surface area contributed by atoms with Gasteiger partial charge in [-0.2, -0.15) is 13.2 Å². The molecule has 0 radical (unpaired) electrons. The van der Waals surface area contributed by atoms with E-state index in [0.29, 0.717) is 11.4 Å². The number of ether oxygens (including phenoxy) is 1. The van der Waals surface area contributed by atoms with E-state index < -0.39 is 30.8 Å². The predicted octanol–water partition coefficient (Wildman–Crippen LogP) is 1.93. The summed E-state index contributed by atoms with van der Waals surface area (Å²) in [6.07, 6.45) is -2.97. The SMILES string of the molecule is COCC(c1ccnc(NP)c1)N1C[C@@H](C(F)(F)F)NC1=O. The average molecular weight is 336 g/mol. The Bertz CT molecular complexity index is 543. The Labute approximate surface area is 127 Å². The Morgan fingerprint density at radius 2 is 2.36 bits per heavy atom. The molecule has 1 saturated heterocycles. The van der Waals surface area contributed by atoms with E-state index in [-0.39, 0.29) is 6.61 Å². The summed E-state index contributed by atoms with van der Waals surface area (Å²) in [5.74, 6) is 0.524. The van der Waals surface area contributed by atoms with Gasteiger partial charge in [0.2, 0.25) is 0 Å². The average Bonchev–Trinajstić information content (AvgIpc) is 2.87. The molecule has 2 amide bonds. The molecule has 2 rings (SSSR count). The molecular weight excluding hydrogens is 320 g/mol. The van der Waals surface area contributed by atoms with Gasteiger partial charge in [0.15, 0.2) is 0 Å². The normalized spacial score (nSPS) is 20.0. The van der Waals surface area contributed by atoms with Crippen molar-refractivity contribution in [2.24, 2.45) is 0 Å². The Balaban J connectivity index is 2.26. The van der Waals surface area contributed by atoms with Crippen LogP contribution >= 0.6 is 9.39 Å². The van der Waals surface area contributed by atoms with Gasteiger partial charge in [-0.05, 0) is 27.1 Å². The van der Waals surface area contributed by atoms with Gasteiger partial charge < -0.3 is 20.0 Å². The summed E-state index contributed by atoms with van der Waals surface area (Å²) in [6, 6.07) is 0.0356. The van der Waals surface area contributed by atoms with Crippen LogP contribution in [0.15, 0.2) is 18.3 Å². The lowest BCUT2D eigenvalue weighted by Gasteiger charge is -2.27. The van der Waals surface area contributed by atoms with E-state index in [1.807, 2.05) is 5.32 Å². The smallest absolute Gasteiger partial charge is 0.382 e. The van der Waals surface area contributed by atoms with Crippen LogP contribution in [0.2, 0.25) is 0 Å². The fraction of sp³-hybridized carbons (Fsp3) is 0.500. The number of anilines is 1. The highest BCUT2D eigenvalue weighted by Gasteiger charge is 2.48. The number of aromatic nitrogens is 1. The van der Waals surface area contributed by atoms with Crippen LogP contribution in [0, 0.1) is 0 Å². The van der Waals surface area contributed by atoms with Crippen molar-refractivity contribution >= 4 is 21.2 Å². The number of carbonyl (C=O) groups is 1. The predicted molar refractivity (Wildman–Crippen MR) is 77.3 cm³/mol. The lowest BCUT2D eigenvalue weighted by atomic mass is 10.1. The summed E-state index contributed by atoms with van der Waals surface area (Å²) in [4.78, 5) is 17.1. The van der Waals surface area contributed by atoms with Crippen molar-refractivity contribution in [3.05, 3.63) is 23.9 Å². The first-order chi connectivity index (χ1) is 10.4. The first kappa shape index (κ1) is 16.8. The quantitative estimate of drug-likeness (QED) is 0.807. The number of halogens is 3. The second-order valence-corrected chi connectivity index (χ2v) is 5.07. The van der Waals surface area contributed by atoms with Crippen LogP contribution in [0.1, 0.15) is 11.6 Å². The van der Waals surface area contributed by atoms with Gasteiger partial charge in [-0.15, -0.1) is 0 Å². The first-order valence-electron chi connectivity index (χ1n) is 6.42. The van der Waals surface area contributed by atoms with Crippen molar-refractivity contribution in [3.63, 3.8) is 0 Å². The summed E-state index contributed by atoms with van der Waals surface area (Å²) in [5.41, 5.74) is 0.639. The summed E-state index contributed by atoms with van der Waals surface area (Å²) in [7, 11) is 3.71. The molecular formula is C12H16F3N4O2P. The molecule has 2 unspecified atom stereocenters. The Hall–Kier alpha value is -1.60. The molecule has 1 aliphatic rings. The van der Waals surface area contributed by atoms with Crippen molar-refractivity contribution in [2.75, 3.05) is 25.3 Å². The number of carbonyl (C=O) groups excluding carboxylic acids is 1. The van der Waals surface area contributed by atoms with Crippen LogP contribution in [0.3, 0.4) is 0 Å². The zero-order valence-electron chi connectivity index (χ0n) is 11.7. The number of hydrogen-bond donors (Lipinski definition) is 2. The highest BCUT2D eigenvalue weighted by Crippen LogP contribution is 2.30. The van der Waals surface area contributed by atoms with Crippen LogP contribution in [0.4, 0.5) is 23.8 Å². The van der Waals surface area contributed by atoms with E-state index in [9.17, 15) is 18.0 Å². The van der Waals surface area contributed by atoms with Gasteiger partial charge in [-0.25, -0.2) is 9.78 Å². The van der Waals surface area contributed by atoms with Crippen molar-refractivity contribution < 1.29 is 22.7 Å². The van der Waals surface area contributed by atoms with Gasteiger partial charge in [-0.1, -0.05) is 0 Å². The molecule has 22 heavy (non-hydrogen) atoms. The van der Waals surface area contributed by atoms with Crippen molar-refractivity contribution in [2.45, 2.75) is 18.3 Å². The zero-order valence-corrected chi connectivity index (χ0v) is 12.9. The third-order valence-corrected chi connectivity index (χ3v) is 3.65. The van der Waals surface area contributed by atoms with Crippen LogP contribution in [0.5, 0.6) is 0 Å². The third-order valence-electron chi connectivity index (χ3n) is 3.35. The van der Waals surface area contributed by atoms with Crippen LogP contribution in [-0.2, 0) is 4.74 Å². The van der Waals surface area contributed by atoms with Crippen molar-refractivity contribution in [1.29, 1.82) is 0 Å². The molecule has 1 aromatic heterocycles. The first-order valence-corrected chi connectivity index (χ1v) is 7.00. The molecule has 1 aromatic rings. The van der Waals surface area contributed by atoms with Gasteiger partial charge in [-0.3, -0.25) is 0 Å². The number of rotatable bonds is 5. The number of methoxy groups -OCH3 is 1. The number of amides is 2. The minimum atomic E-state index is -4.48. The van der Waals surface area contributed by atoms with Gasteiger partial charge in [0.1, 0.15) is 11.9 Å².